The van der Waals surface area contributed by atoms with Crippen LogP contribution in [0.15, 0.2) is 23.2 Å². The summed E-state index contributed by atoms with van der Waals surface area (Å²) in [5, 5.41) is 3.33. The minimum absolute atomic E-state index is 0. The summed E-state index contributed by atoms with van der Waals surface area (Å²) >= 11 is 0. The lowest BCUT2D eigenvalue weighted by Gasteiger charge is -2.23. The standard InChI is InChI=1S/C18H30N4.HI/c1-5-14-8-7-9-15(6-2)17(14)21-18(19)20-12-13(3)22(4)16-10-11-16;/h7-9,13,16H,5-6,10-12H2,1-4H3,(H3,19,20,21);1H. The van der Waals surface area contributed by atoms with Crippen molar-refractivity contribution >= 4 is 35.6 Å². The van der Waals surface area contributed by atoms with Crippen LogP contribution in [-0.2, 0) is 12.8 Å². The van der Waals surface area contributed by atoms with Gasteiger partial charge in [-0.15, -0.1) is 24.0 Å². The van der Waals surface area contributed by atoms with Crippen molar-refractivity contribution in [1.82, 2.24) is 4.90 Å². The van der Waals surface area contributed by atoms with E-state index < -0.39 is 0 Å². The SMILES string of the molecule is CCc1cccc(CC)c1NC(N)=NCC(C)N(C)C1CC1.I. The molecule has 1 atom stereocenters. The molecule has 0 amide bonds. The van der Waals surface area contributed by atoms with Crippen molar-refractivity contribution in [2.24, 2.45) is 10.7 Å². The van der Waals surface area contributed by atoms with Gasteiger partial charge >= 0.3 is 0 Å². The molecule has 0 bridgehead atoms. The zero-order valence-electron chi connectivity index (χ0n) is 14.8. The van der Waals surface area contributed by atoms with Gasteiger partial charge in [-0.1, -0.05) is 32.0 Å². The van der Waals surface area contributed by atoms with Gasteiger partial charge in [-0.25, -0.2) is 0 Å². The van der Waals surface area contributed by atoms with Crippen molar-refractivity contribution in [1.29, 1.82) is 0 Å². The number of halogens is 1. The van der Waals surface area contributed by atoms with Crippen LogP contribution in [-0.4, -0.2) is 36.5 Å². The summed E-state index contributed by atoms with van der Waals surface area (Å²) in [7, 11) is 2.18. The van der Waals surface area contributed by atoms with E-state index in [2.05, 4.69) is 61.2 Å². The van der Waals surface area contributed by atoms with Crippen LogP contribution in [0.4, 0.5) is 5.69 Å². The van der Waals surface area contributed by atoms with Gasteiger partial charge in [-0.3, -0.25) is 9.89 Å². The summed E-state index contributed by atoms with van der Waals surface area (Å²) < 4.78 is 0. The molecule has 0 radical (unpaired) electrons. The Balaban J connectivity index is 0.00000264. The minimum atomic E-state index is 0. The van der Waals surface area contributed by atoms with Crippen molar-refractivity contribution in [3.63, 3.8) is 0 Å². The van der Waals surface area contributed by atoms with E-state index in [0.717, 1.165) is 31.1 Å². The molecule has 2 rings (SSSR count). The Morgan fingerprint density at radius 3 is 2.35 bits per heavy atom. The Morgan fingerprint density at radius 1 is 1.30 bits per heavy atom. The third-order valence-corrected chi connectivity index (χ3v) is 4.60. The van der Waals surface area contributed by atoms with Gasteiger partial charge in [-0.05, 0) is 50.8 Å². The second-order valence-corrected chi connectivity index (χ2v) is 6.25. The summed E-state index contributed by atoms with van der Waals surface area (Å²) in [6.45, 7) is 7.29. The van der Waals surface area contributed by atoms with Gasteiger partial charge in [0.1, 0.15) is 0 Å². The lowest BCUT2D eigenvalue weighted by atomic mass is 10.0. The molecule has 0 heterocycles. The molecule has 23 heavy (non-hydrogen) atoms. The number of anilines is 1. The largest absolute Gasteiger partial charge is 0.370 e. The number of nitrogens with one attached hydrogen (secondary N) is 1. The lowest BCUT2D eigenvalue weighted by Crippen LogP contribution is -2.34. The number of aliphatic imine (C=N–C) groups is 1. The molecule has 1 aromatic rings. The fraction of sp³-hybridized carbons (Fsp3) is 0.611. The molecule has 0 saturated heterocycles. The van der Waals surface area contributed by atoms with Gasteiger partial charge < -0.3 is 11.1 Å². The summed E-state index contributed by atoms with van der Waals surface area (Å²) in [5.74, 6) is 0.520. The van der Waals surface area contributed by atoms with Crippen molar-refractivity contribution in [2.45, 2.75) is 58.5 Å². The smallest absolute Gasteiger partial charge is 0.193 e. The van der Waals surface area contributed by atoms with Gasteiger partial charge in [0.05, 0.1) is 6.54 Å². The van der Waals surface area contributed by atoms with Crippen LogP contribution in [0.3, 0.4) is 0 Å². The topological polar surface area (TPSA) is 53.6 Å². The molecule has 5 heteroatoms. The first-order chi connectivity index (χ1) is 10.6. The number of nitrogens with two attached hydrogens (primary N) is 1. The monoisotopic (exact) mass is 430 g/mol. The highest BCUT2D eigenvalue weighted by molar-refractivity contribution is 14.0. The highest BCUT2D eigenvalue weighted by atomic mass is 127. The predicted octanol–water partition coefficient (Wildman–Crippen LogP) is 3.64. The molecule has 1 saturated carbocycles. The predicted molar refractivity (Wildman–Crippen MR) is 111 cm³/mol. The molecule has 1 aliphatic carbocycles. The van der Waals surface area contributed by atoms with E-state index in [1.165, 1.54) is 24.0 Å². The van der Waals surface area contributed by atoms with Gasteiger partial charge in [0.15, 0.2) is 5.96 Å². The third-order valence-electron chi connectivity index (χ3n) is 4.60. The summed E-state index contributed by atoms with van der Waals surface area (Å²) in [4.78, 5) is 6.95. The molecule has 130 valence electrons. The fourth-order valence-corrected chi connectivity index (χ4v) is 2.77. The summed E-state index contributed by atoms with van der Waals surface area (Å²) in [5.41, 5.74) is 9.83. The number of benzene rings is 1. The van der Waals surface area contributed by atoms with Crippen molar-refractivity contribution in [3.05, 3.63) is 29.3 Å². The number of aryl methyl sites for hydroxylation is 2. The van der Waals surface area contributed by atoms with Gasteiger partial charge in [0, 0.05) is 17.8 Å². The van der Waals surface area contributed by atoms with Gasteiger partial charge in [0.25, 0.3) is 0 Å². The zero-order chi connectivity index (χ0) is 16.1. The highest BCUT2D eigenvalue weighted by Gasteiger charge is 2.28. The normalized spacial score (nSPS) is 16.1. The van der Waals surface area contributed by atoms with E-state index >= 15 is 0 Å². The fourth-order valence-electron chi connectivity index (χ4n) is 2.77. The molecule has 0 spiro atoms. The minimum Gasteiger partial charge on any atom is -0.370 e. The molecule has 1 aromatic carbocycles. The van der Waals surface area contributed by atoms with Gasteiger partial charge in [-0.2, -0.15) is 0 Å². The lowest BCUT2D eigenvalue weighted by molar-refractivity contribution is 0.253. The van der Waals surface area contributed by atoms with Crippen LogP contribution in [0, 0.1) is 0 Å². The Hall–Kier alpha value is -0.820. The molecule has 1 unspecified atom stereocenters. The number of hydrogen-bond donors (Lipinski definition) is 2. The summed E-state index contributed by atoms with van der Waals surface area (Å²) in [6.07, 6.45) is 4.62. The van der Waals surface area contributed by atoms with Crippen molar-refractivity contribution in [3.8, 4) is 0 Å². The first-order valence-electron chi connectivity index (χ1n) is 8.46. The molecule has 4 nitrogen and oxygen atoms in total. The molecule has 0 aromatic heterocycles. The Kier molecular flexibility index (Phi) is 8.33. The maximum atomic E-state index is 6.11. The van der Waals surface area contributed by atoms with E-state index in [4.69, 9.17) is 5.73 Å². The van der Waals surface area contributed by atoms with Crippen LogP contribution >= 0.6 is 24.0 Å². The average Bonchev–Trinajstić information content (AvgIpc) is 3.36. The average molecular weight is 430 g/mol. The first-order valence-corrected chi connectivity index (χ1v) is 8.46. The molecule has 0 aliphatic heterocycles. The second-order valence-electron chi connectivity index (χ2n) is 6.25. The van der Waals surface area contributed by atoms with Gasteiger partial charge in [0.2, 0.25) is 0 Å². The number of rotatable bonds is 7. The maximum absolute atomic E-state index is 6.11. The van der Waals surface area contributed by atoms with Crippen LogP contribution in [0.1, 0.15) is 44.7 Å². The third kappa shape index (κ3) is 5.64. The number of hydrogen-bond acceptors (Lipinski definition) is 2. The van der Waals surface area contributed by atoms with Crippen LogP contribution < -0.4 is 11.1 Å². The van der Waals surface area contributed by atoms with E-state index in [1.807, 2.05) is 0 Å². The van der Waals surface area contributed by atoms with E-state index in [1.54, 1.807) is 0 Å². The number of guanidine groups is 1. The van der Waals surface area contributed by atoms with Crippen molar-refractivity contribution < 1.29 is 0 Å². The molecular weight excluding hydrogens is 399 g/mol. The molecule has 3 N–H and O–H groups in total. The molecule has 1 aliphatic rings. The summed E-state index contributed by atoms with van der Waals surface area (Å²) in [6, 6.07) is 7.60. The highest BCUT2D eigenvalue weighted by Crippen LogP contribution is 2.27. The zero-order valence-corrected chi connectivity index (χ0v) is 17.1. The Bertz CT molecular complexity index is 504. The second kappa shape index (κ2) is 9.47. The molecular formula is C18H31IN4. The number of para-hydroxylation sites is 1. The van der Waals surface area contributed by atoms with E-state index in [0.29, 0.717) is 12.0 Å². The quantitative estimate of drug-likeness (QED) is 0.395. The first kappa shape index (κ1) is 20.2. The van der Waals surface area contributed by atoms with E-state index in [9.17, 15) is 0 Å². The van der Waals surface area contributed by atoms with Crippen molar-refractivity contribution in [2.75, 3.05) is 18.9 Å². The number of likely N-dealkylation sites (N-methyl/N-ethyl adjacent to an activating group) is 1. The maximum Gasteiger partial charge on any atom is 0.193 e. The van der Waals surface area contributed by atoms with Crippen LogP contribution in [0.2, 0.25) is 0 Å². The Morgan fingerprint density at radius 2 is 1.87 bits per heavy atom. The van der Waals surface area contributed by atoms with Crippen LogP contribution in [0.25, 0.3) is 0 Å². The van der Waals surface area contributed by atoms with E-state index in [-0.39, 0.29) is 24.0 Å². The van der Waals surface area contributed by atoms with Crippen LogP contribution in [0.5, 0.6) is 0 Å². The number of nitrogens with zero attached hydrogens (tertiary/aromatic N) is 2. The molecule has 1 fully saturated rings. The Labute approximate surface area is 157 Å².